The molecule has 2 N–H and O–H groups in total. The maximum Gasteiger partial charge on any atom is 0.191 e. The predicted molar refractivity (Wildman–Crippen MR) is 93.8 cm³/mol. The highest BCUT2D eigenvalue weighted by Crippen LogP contribution is 2.17. The van der Waals surface area contributed by atoms with E-state index < -0.39 is 0 Å². The Morgan fingerprint density at radius 2 is 1.96 bits per heavy atom. The maximum atomic E-state index is 5.37. The van der Waals surface area contributed by atoms with Gasteiger partial charge in [-0.2, -0.15) is 0 Å². The summed E-state index contributed by atoms with van der Waals surface area (Å²) in [5.74, 6) is 1.72. The molecule has 0 aliphatic carbocycles. The summed E-state index contributed by atoms with van der Waals surface area (Å²) in [6.07, 6.45) is 2.66. The molecule has 5 heteroatoms. The summed E-state index contributed by atoms with van der Waals surface area (Å²) < 4.78 is 5.37. The van der Waals surface area contributed by atoms with Gasteiger partial charge in [0.25, 0.3) is 0 Å². The lowest BCUT2D eigenvalue weighted by Gasteiger charge is -2.12. The van der Waals surface area contributed by atoms with Gasteiger partial charge in [-0.3, -0.25) is 4.98 Å². The molecule has 2 rings (SSSR count). The van der Waals surface area contributed by atoms with Crippen LogP contribution >= 0.6 is 0 Å². The first-order valence-electron chi connectivity index (χ1n) is 7.87. The summed E-state index contributed by atoms with van der Waals surface area (Å²) >= 11 is 0. The summed E-state index contributed by atoms with van der Waals surface area (Å²) in [6, 6.07) is 13.9. The van der Waals surface area contributed by atoms with Gasteiger partial charge in [0.05, 0.1) is 19.3 Å². The van der Waals surface area contributed by atoms with Gasteiger partial charge in [0, 0.05) is 19.3 Å². The molecule has 0 bridgehead atoms. The summed E-state index contributed by atoms with van der Waals surface area (Å²) in [4.78, 5) is 8.84. The number of guanidine groups is 1. The highest BCUT2D eigenvalue weighted by molar-refractivity contribution is 5.79. The maximum absolute atomic E-state index is 5.37. The monoisotopic (exact) mass is 312 g/mol. The van der Waals surface area contributed by atoms with Gasteiger partial charge in [0.15, 0.2) is 5.96 Å². The molecule has 0 aliphatic rings. The van der Waals surface area contributed by atoms with Crippen molar-refractivity contribution in [2.75, 3.05) is 20.2 Å². The van der Waals surface area contributed by atoms with E-state index in [2.05, 4.69) is 33.6 Å². The Kier molecular flexibility index (Phi) is 6.91. The van der Waals surface area contributed by atoms with Crippen LogP contribution in [0.1, 0.15) is 18.2 Å². The number of para-hydroxylation sites is 1. The van der Waals surface area contributed by atoms with E-state index in [9.17, 15) is 0 Å². The van der Waals surface area contributed by atoms with Crippen LogP contribution in [0.5, 0.6) is 5.75 Å². The fourth-order valence-corrected chi connectivity index (χ4v) is 2.22. The van der Waals surface area contributed by atoms with Gasteiger partial charge in [-0.25, -0.2) is 4.99 Å². The number of hydrogen-bond donors (Lipinski definition) is 2. The first-order chi connectivity index (χ1) is 11.3. The van der Waals surface area contributed by atoms with Crippen LogP contribution in [-0.4, -0.2) is 31.1 Å². The van der Waals surface area contributed by atoms with Crippen molar-refractivity contribution in [2.45, 2.75) is 19.9 Å². The van der Waals surface area contributed by atoms with Crippen LogP contribution in [0.15, 0.2) is 53.7 Å². The zero-order valence-electron chi connectivity index (χ0n) is 13.7. The van der Waals surface area contributed by atoms with E-state index in [1.54, 1.807) is 13.3 Å². The molecule has 122 valence electrons. The van der Waals surface area contributed by atoms with Crippen molar-refractivity contribution >= 4 is 5.96 Å². The molecular weight excluding hydrogens is 288 g/mol. The second kappa shape index (κ2) is 9.46. The van der Waals surface area contributed by atoms with Gasteiger partial charge in [0.1, 0.15) is 5.75 Å². The summed E-state index contributed by atoms with van der Waals surface area (Å²) in [5, 5.41) is 6.59. The molecule has 23 heavy (non-hydrogen) atoms. The first-order valence-corrected chi connectivity index (χ1v) is 7.87. The Hall–Kier alpha value is -2.56. The molecule has 1 heterocycles. The molecule has 0 unspecified atom stereocenters. The average molecular weight is 312 g/mol. The minimum absolute atomic E-state index is 0.560. The van der Waals surface area contributed by atoms with Crippen molar-refractivity contribution < 1.29 is 4.74 Å². The summed E-state index contributed by atoms with van der Waals surface area (Å²) in [5.41, 5.74) is 2.14. The van der Waals surface area contributed by atoms with E-state index in [0.29, 0.717) is 6.54 Å². The molecule has 0 saturated carbocycles. The number of benzene rings is 1. The Labute approximate surface area is 137 Å². The number of aliphatic imine (C=N–C) groups is 1. The topological polar surface area (TPSA) is 58.5 Å². The lowest BCUT2D eigenvalue weighted by Crippen LogP contribution is -2.38. The molecule has 0 aliphatic heterocycles. The second-order valence-electron chi connectivity index (χ2n) is 5.00. The van der Waals surface area contributed by atoms with Crippen LogP contribution < -0.4 is 15.4 Å². The molecule has 2 aromatic rings. The zero-order valence-corrected chi connectivity index (χ0v) is 13.7. The molecule has 0 saturated heterocycles. The van der Waals surface area contributed by atoms with E-state index in [0.717, 1.165) is 36.9 Å². The highest BCUT2D eigenvalue weighted by Gasteiger charge is 2.02. The van der Waals surface area contributed by atoms with Crippen LogP contribution in [0, 0.1) is 0 Å². The minimum atomic E-state index is 0.560. The molecule has 1 aromatic carbocycles. The number of rotatable bonds is 7. The van der Waals surface area contributed by atoms with Gasteiger partial charge in [-0.1, -0.05) is 24.3 Å². The Balaban J connectivity index is 1.89. The molecule has 0 radical (unpaired) electrons. The van der Waals surface area contributed by atoms with Crippen molar-refractivity contribution in [3.05, 3.63) is 59.9 Å². The number of aromatic nitrogens is 1. The number of nitrogens with zero attached hydrogens (tertiary/aromatic N) is 2. The largest absolute Gasteiger partial charge is 0.496 e. The smallest absolute Gasteiger partial charge is 0.191 e. The third kappa shape index (κ3) is 5.62. The average Bonchev–Trinajstić information content (AvgIpc) is 2.61. The van der Waals surface area contributed by atoms with Crippen molar-refractivity contribution in [1.82, 2.24) is 15.6 Å². The van der Waals surface area contributed by atoms with Crippen molar-refractivity contribution in [3.63, 3.8) is 0 Å². The van der Waals surface area contributed by atoms with E-state index in [1.165, 1.54) is 5.56 Å². The standard InChI is InChI=1S/C18H24N4O/c1-3-19-18(22-14-16-9-6-7-12-20-16)21-13-11-15-8-4-5-10-17(15)23-2/h4-10,12H,3,11,13-14H2,1-2H3,(H2,19,21,22). The third-order valence-electron chi connectivity index (χ3n) is 3.35. The van der Waals surface area contributed by atoms with Crippen molar-refractivity contribution in [1.29, 1.82) is 0 Å². The number of hydrogen-bond acceptors (Lipinski definition) is 3. The first kappa shape index (κ1) is 16.8. The second-order valence-corrected chi connectivity index (χ2v) is 5.00. The summed E-state index contributed by atoms with van der Waals surface area (Å²) in [6.45, 7) is 4.22. The minimum Gasteiger partial charge on any atom is -0.496 e. The molecule has 0 spiro atoms. The van der Waals surface area contributed by atoms with E-state index >= 15 is 0 Å². The van der Waals surface area contributed by atoms with Crippen LogP contribution in [0.3, 0.4) is 0 Å². The van der Waals surface area contributed by atoms with Gasteiger partial charge in [-0.05, 0) is 37.1 Å². The quantitative estimate of drug-likeness (QED) is 0.609. The van der Waals surface area contributed by atoms with Gasteiger partial charge in [-0.15, -0.1) is 0 Å². The third-order valence-corrected chi connectivity index (χ3v) is 3.35. The predicted octanol–water partition coefficient (Wildman–Crippen LogP) is 2.39. The van der Waals surface area contributed by atoms with E-state index in [1.807, 2.05) is 36.4 Å². The Bertz CT molecular complexity index is 613. The number of methoxy groups -OCH3 is 1. The van der Waals surface area contributed by atoms with Crippen LogP contribution in [0.4, 0.5) is 0 Å². The summed E-state index contributed by atoms with van der Waals surface area (Å²) in [7, 11) is 1.70. The van der Waals surface area contributed by atoms with E-state index in [4.69, 9.17) is 4.74 Å². The molecule has 5 nitrogen and oxygen atoms in total. The number of ether oxygens (including phenoxy) is 1. The molecule has 0 amide bonds. The fraction of sp³-hybridized carbons (Fsp3) is 0.333. The molecule has 0 fully saturated rings. The Morgan fingerprint density at radius 1 is 1.13 bits per heavy atom. The molecule has 1 aromatic heterocycles. The van der Waals surface area contributed by atoms with Crippen molar-refractivity contribution in [2.24, 2.45) is 4.99 Å². The van der Waals surface area contributed by atoms with Gasteiger partial charge in [0.2, 0.25) is 0 Å². The normalized spacial score (nSPS) is 11.1. The Morgan fingerprint density at radius 3 is 2.70 bits per heavy atom. The number of nitrogens with one attached hydrogen (secondary N) is 2. The zero-order chi connectivity index (χ0) is 16.3. The van der Waals surface area contributed by atoms with E-state index in [-0.39, 0.29) is 0 Å². The highest BCUT2D eigenvalue weighted by atomic mass is 16.5. The fourth-order valence-electron chi connectivity index (χ4n) is 2.22. The van der Waals surface area contributed by atoms with Crippen LogP contribution in [0.2, 0.25) is 0 Å². The van der Waals surface area contributed by atoms with Crippen LogP contribution in [0.25, 0.3) is 0 Å². The molecule has 0 atom stereocenters. The van der Waals surface area contributed by atoms with Crippen LogP contribution in [-0.2, 0) is 13.0 Å². The lowest BCUT2D eigenvalue weighted by molar-refractivity contribution is 0.409. The van der Waals surface area contributed by atoms with Gasteiger partial charge >= 0.3 is 0 Å². The number of pyridine rings is 1. The SMILES string of the molecule is CCNC(=NCc1ccccn1)NCCc1ccccc1OC. The van der Waals surface area contributed by atoms with Crippen molar-refractivity contribution in [3.8, 4) is 5.75 Å². The van der Waals surface area contributed by atoms with Gasteiger partial charge < -0.3 is 15.4 Å². The molecular formula is C18H24N4O. The lowest BCUT2D eigenvalue weighted by atomic mass is 10.1.